The molecule has 0 aromatic carbocycles. The van der Waals surface area contributed by atoms with Crippen molar-refractivity contribution in [1.29, 1.82) is 0 Å². The maximum atomic E-state index is 10.3. The molecule has 5 nitrogen and oxygen atoms in total. The number of aromatic nitrogens is 2. The van der Waals surface area contributed by atoms with Crippen LogP contribution >= 0.6 is 23.6 Å². The first-order valence-electron chi connectivity index (χ1n) is 2.03. The van der Waals surface area contributed by atoms with E-state index in [1.54, 1.807) is 0 Å². The van der Waals surface area contributed by atoms with Crippen molar-refractivity contribution in [2.24, 2.45) is 0 Å². The van der Waals surface area contributed by atoms with Gasteiger partial charge in [0.2, 0.25) is 0 Å². The summed E-state index contributed by atoms with van der Waals surface area (Å²) in [7, 11) is -4.17. The quantitative estimate of drug-likeness (QED) is 0.305. The fourth-order valence-corrected chi connectivity index (χ4v) is 1.94. The van der Waals surface area contributed by atoms with Gasteiger partial charge in [0, 0.05) is 0 Å². The van der Waals surface area contributed by atoms with E-state index in [-0.39, 0.29) is 110 Å². The van der Waals surface area contributed by atoms with Gasteiger partial charge in [-0.1, -0.05) is 11.3 Å². The van der Waals surface area contributed by atoms with Crippen molar-refractivity contribution in [3.63, 3.8) is 0 Å². The van der Waals surface area contributed by atoms with Gasteiger partial charge in [0.05, 0.1) is 0 Å². The first kappa shape index (κ1) is 17.4. The maximum Gasteiger partial charge on any atom is 1.00 e. The summed E-state index contributed by atoms with van der Waals surface area (Å²) < 4.78 is 28.7. The summed E-state index contributed by atoms with van der Waals surface area (Å²) >= 11 is 5.23. The number of nitrogens with one attached hydrogen (secondary N) is 1. The molecular weight excluding hydrogens is 274 g/mol. The van der Waals surface area contributed by atoms with Crippen LogP contribution in [0.4, 0.5) is 0 Å². The molecule has 0 atom stereocenters. The van der Waals surface area contributed by atoms with Crippen LogP contribution in [-0.2, 0) is 10.1 Å². The number of aromatic amines is 1. The predicted molar refractivity (Wildman–Crippen MR) is 39.3 cm³/mol. The molecule has 0 amide bonds. The van der Waals surface area contributed by atoms with Gasteiger partial charge < -0.3 is 2.85 Å². The van der Waals surface area contributed by atoms with Gasteiger partial charge in [-0.3, -0.25) is 9.65 Å². The summed E-state index contributed by atoms with van der Waals surface area (Å²) in [5.74, 6) is 0. The minimum absolute atomic E-state index is 0. The van der Waals surface area contributed by atoms with Crippen molar-refractivity contribution in [1.82, 2.24) is 10.2 Å². The number of nitrogens with zero attached hydrogens (tertiary/aromatic N) is 1. The molecule has 1 heterocycles. The summed E-state index contributed by atoms with van der Waals surface area (Å²) in [6.45, 7) is 0. The van der Waals surface area contributed by atoms with Crippen LogP contribution < -0.4 is 103 Å². The molecule has 12 heavy (non-hydrogen) atoms. The molecule has 60 valence electrons. The molecule has 0 unspecified atom stereocenters. The Kier molecular flexibility index (Phi) is 10.5. The number of hydrogen-bond acceptors (Lipinski definition) is 5. The molecule has 0 saturated carbocycles. The Labute approximate surface area is 166 Å². The summed E-state index contributed by atoms with van der Waals surface area (Å²) in [5, 5.41) is 5.46. The average Bonchev–Trinajstić information content (AvgIpc) is 2.11. The van der Waals surface area contributed by atoms with Gasteiger partial charge >= 0.3 is 113 Å². The third-order valence-corrected chi connectivity index (χ3v) is 2.94. The standard InChI is InChI=1S/C2H2N2O3S3.2K.2H/c5-10(6,7)2-4-3-1(8)9-2;;;;/h(H,3,8)(H,5,6,7);;;;/q;2*+1;2*-1. The van der Waals surface area contributed by atoms with Crippen LogP contribution in [0.2, 0.25) is 0 Å². The van der Waals surface area contributed by atoms with Gasteiger partial charge in [-0.05, 0) is 12.2 Å². The van der Waals surface area contributed by atoms with Crippen molar-refractivity contribution in [3.05, 3.63) is 3.95 Å². The van der Waals surface area contributed by atoms with Crippen LogP contribution in [-0.4, -0.2) is 23.2 Å². The Bertz CT molecular complexity index is 389. The molecule has 1 rings (SSSR count). The average molecular weight is 278 g/mol. The van der Waals surface area contributed by atoms with Crippen LogP contribution in [0.15, 0.2) is 4.34 Å². The van der Waals surface area contributed by atoms with Gasteiger partial charge in [0.15, 0.2) is 3.95 Å². The largest absolute Gasteiger partial charge is 1.00 e. The van der Waals surface area contributed by atoms with E-state index in [1.807, 2.05) is 0 Å². The van der Waals surface area contributed by atoms with Crippen LogP contribution in [0, 0.1) is 3.95 Å². The Morgan fingerprint density at radius 1 is 1.58 bits per heavy atom. The zero-order valence-electron chi connectivity index (χ0n) is 8.44. The van der Waals surface area contributed by atoms with Gasteiger partial charge in [-0.2, -0.15) is 8.42 Å². The third kappa shape index (κ3) is 5.75. The van der Waals surface area contributed by atoms with E-state index in [2.05, 4.69) is 22.4 Å². The van der Waals surface area contributed by atoms with Gasteiger partial charge in [0.1, 0.15) is 0 Å². The zero-order chi connectivity index (χ0) is 7.78. The van der Waals surface area contributed by atoms with Crippen molar-refractivity contribution < 1.29 is 119 Å². The monoisotopic (exact) mass is 278 g/mol. The molecule has 0 spiro atoms. The molecule has 0 aliphatic carbocycles. The summed E-state index contributed by atoms with van der Waals surface area (Å²) in [6.07, 6.45) is 0. The minimum atomic E-state index is -4.17. The fourth-order valence-electron chi connectivity index (χ4n) is 0.327. The maximum absolute atomic E-state index is 10.3. The molecule has 0 aliphatic rings. The second-order valence-electron chi connectivity index (χ2n) is 1.35. The van der Waals surface area contributed by atoms with Crippen LogP contribution in [0.3, 0.4) is 0 Å². The molecule has 0 aliphatic heterocycles. The Balaban J connectivity index is -0.000000125. The predicted octanol–water partition coefficient (Wildman–Crippen LogP) is -5.32. The summed E-state index contributed by atoms with van der Waals surface area (Å²) in [4.78, 5) is 0. The number of H-pyrrole nitrogens is 1. The number of rotatable bonds is 1. The minimum Gasteiger partial charge on any atom is -1.00 e. The second-order valence-corrected chi connectivity index (χ2v) is 4.62. The Morgan fingerprint density at radius 2 is 2.08 bits per heavy atom. The Morgan fingerprint density at radius 3 is 2.25 bits per heavy atom. The van der Waals surface area contributed by atoms with E-state index in [1.165, 1.54) is 0 Å². The first-order valence-corrected chi connectivity index (χ1v) is 4.69. The van der Waals surface area contributed by atoms with Crippen LogP contribution in [0.25, 0.3) is 0 Å². The van der Waals surface area contributed by atoms with Crippen molar-refractivity contribution in [2.45, 2.75) is 4.34 Å². The third-order valence-electron chi connectivity index (χ3n) is 0.639. The first-order chi connectivity index (χ1) is 4.50. The van der Waals surface area contributed by atoms with Crippen molar-refractivity contribution in [3.8, 4) is 0 Å². The molecule has 0 saturated heterocycles. The van der Waals surface area contributed by atoms with E-state index >= 15 is 0 Å². The molecule has 1 aromatic rings. The van der Waals surface area contributed by atoms with E-state index < -0.39 is 14.5 Å². The normalized spacial score (nSPS) is 9.75. The molecule has 10 heteroatoms. The molecule has 0 bridgehead atoms. The van der Waals surface area contributed by atoms with E-state index in [0.717, 1.165) is 0 Å². The molecule has 0 fully saturated rings. The van der Waals surface area contributed by atoms with Crippen LogP contribution in [0.1, 0.15) is 2.85 Å². The Hall–Kier alpha value is 2.96. The summed E-state index contributed by atoms with van der Waals surface area (Å²) in [6, 6.07) is 0. The van der Waals surface area contributed by atoms with E-state index in [0.29, 0.717) is 11.3 Å². The van der Waals surface area contributed by atoms with Gasteiger partial charge in [-0.15, -0.1) is 5.10 Å². The zero-order valence-corrected chi connectivity index (χ0v) is 15.1. The van der Waals surface area contributed by atoms with Crippen LogP contribution in [0.5, 0.6) is 0 Å². The molecule has 0 radical (unpaired) electrons. The number of hydrogen-bond donors (Lipinski definition) is 2. The smallest absolute Gasteiger partial charge is 1.00 e. The molecule has 2 N–H and O–H groups in total. The van der Waals surface area contributed by atoms with E-state index in [4.69, 9.17) is 4.55 Å². The molecular formula is C2H4K2N2O3S3. The van der Waals surface area contributed by atoms with Gasteiger partial charge in [0.25, 0.3) is 4.34 Å². The fraction of sp³-hybridized carbons (Fsp3) is 0. The topological polar surface area (TPSA) is 83.1 Å². The molecule has 1 aromatic heterocycles. The van der Waals surface area contributed by atoms with E-state index in [9.17, 15) is 8.42 Å². The SMILES string of the molecule is O=S(=O)(O)c1n[nH]c(=S)s1.[H-].[H-].[K+].[K+]. The van der Waals surface area contributed by atoms with Gasteiger partial charge in [-0.25, -0.2) is 0 Å². The van der Waals surface area contributed by atoms with Crippen molar-refractivity contribution >= 4 is 33.7 Å². The summed E-state index contributed by atoms with van der Waals surface area (Å²) in [5.41, 5.74) is 0. The second kappa shape index (κ2) is 7.27. The van der Waals surface area contributed by atoms with Crippen molar-refractivity contribution in [2.75, 3.05) is 0 Å².